The van der Waals surface area contributed by atoms with Crippen LogP contribution >= 0.6 is 0 Å². The van der Waals surface area contributed by atoms with Crippen molar-refractivity contribution in [3.05, 3.63) is 65.2 Å². The van der Waals surface area contributed by atoms with Crippen molar-refractivity contribution >= 4 is 11.6 Å². The number of rotatable bonds is 4. The van der Waals surface area contributed by atoms with Crippen LogP contribution in [0.5, 0.6) is 0 Å². The van der Waals surface area contributed by atoms with Crippen LogP contribution in [0.15, 0.2) is 48.5 Å². The fourth-order valence-electron chi connectivity index (χ4n) is 4.99. The zero-order chi connectivity index (χ0) is 19.0. The molecule has 0 spiro atoms. The minimum Gasteiger partial charge on any atom is -0.398 e. The van der Waals surface area contributed by atoms with Crippen molar-refractivity contribution in [3.63, 3.8) is 0 Å². The lowest BCUT2D eigenvalue weighted by molar-refractivity contribution is -0.0404. The van der Waals surface area contributed by atoms with Crippen LogP contribution in [0.1, 0.15) is 53.2 Å². The van der Waals surface area contributed by atoms with Crippen molar-refractivity contribution in [1.82, 2.24) is 10.2 Å². The van der Waals surface area contributed by atoms with E-state index in [0.29, 0.717) is 11.3 Å². The maximum atomic E-state index is 13.1. The number of likely N-dealkylation sites (N-methyl/N-ethyl adjacent to an activating group) is 1. The molecular formula is C23H29N3O. The van der Waals surface area contributed by atoms with E-state index in [1.807, 2.05) is 25.1 Å². The summed E-state index contributed by atoms with van der Waals surface area (Å²) in [6.07, 6.45) is 4.76. The Hall–Kier alpha value is -2.33. The lowest BCUT2D eigenvalue weighted by Crippen LogP contribution is -2.62. The minimum absolute atomic E-state index is 0.0119. The average molecular weight is 364 g/mol. The topological polar surface area (TPSA) is 58.4 Å². The van der Waals surface area contributed by atoms with Gasteiger partial charge in [0.05, 0.1) is 6.04 Å². The maximum absolute atomic E-state index is 13.1. The van der Waals surface area contributed by atoms with E-state index in [1.54, 1.807) is 6.07 Å². The lowest BCUT2D eigenvalue weighted by atomic mass is 9.66. The van der Waals surface area contributed by atoms with Crippen molar-refractivity contribution in [2.24, 2.45) is 5.92 Å². The minimum atomic E-state index is -0.0500. The number of nitrogens with one attached hydrogen (secondary N) is 1. The summed E-state index contributed by atoms with van der Waals surface area (Å²) in [6.45, 7) is 3.08. The molecule has 2 aromatic rings. The third kappa shape index (κ3) is 3.23. The normalized spacial score (nSPS) is 25.9. The van der Waals surface area contributed by atoms with Crippen LogP contribution in [0.25, 0.3) is 0 Å². The summed E-state index contributed by atoms with van der Waals surface area (Å²) in [4.78, 5) is 15.6. The van der Waals surface area contributed by atoms with Gasteiger partial charge in [-0.3, -0.25) is 9.69 Å². The van der Waals surface area contributed by atoms with Gasteiger partial charge < -0.3 is 11.1 Å². The first-order valence-corrected chi connectivity index (χ1v) is 9.93. The van der Waals surface area contributed by atoms with E-state index in [-0.39, 0.29) is 17.5 Å². The fraction of sp³-hybridized carbons (Fsp3) is 0.435. The highest BCUT2D eigenvalue weighted by Gasteiger charge is 2.50. The molecular weight excluding hydrogens is 334 g/mol. The third-order valence-electron chi connectivity index (χ3n) is 6.75. The van der Waals surface area contributed by atoms with Crippen LogP contribution in [0.4, 0.5) is 5.69 Å². The van der Waals surface area contributed by atoms with Crippen LogP contribution in [0, 0.1) is 12.8 Å². The van der Waals surface area contributed by atoms with Crippen LogP contribution in [-0.4, -0.2) is 29.9 Å². The second-order valence-corrected chi connectivity index (χ2v) is 8.32. The quantitative estimate of drug-likeness (QED) is 0.810. The highest BCUT2D eigenvalue weighted by Crippen LogP contribution is 2.48. The number of carbonyl (C=O) groups is 1. The number of nitrogen functional groups attached to an aromatic ring is 1. The Morgan fingerprint density at radius 2 is 1.89 bits per heavy atom. The number of benzene rings is 2. The molecule has 2 bridgehead atoms. The zero-order valence-corrected chi connectivity index (χ0v) is 16.2. The number of aryl methyl sites for hydroxylation is 1. The molecule has 0 aromatic heterocycles. The van der Waals surface area contributed by atoms with Crippen molar-refractivity contribution < 1.29 is 4.79 Å². The van der Waals surface area contributed by atoms with Crippen molar-refractivity contribution in [2.45, 2.75) is 44.2 Å². The van der Waals surface area contributed by atoms with Crippen LogP contribution < -0.4 is 11.1 Å². The molecule has 2 heterocycles. The predicted octanol–water partition coefficient (Wildman–Crippen LogP) is 3.92. The largest absolute Gasteiger partial charge is 0.398 e. The number of carbonyl (C=O) groups excluding carboxylic acids is 1. The Bertz CT molecular complexity index is 825. The van der Waals surface area contributed by atoms with Gasteiger partial charge in [0.2, 0.25) is 0 Å². The first kappa shape index (κ1) is 18.1. The fourth-order valence-corrected chi connectivity index (χ4v) is 4.99. The predicted molar refractivity (Wildman–Crippen MR) is 110 cm³/mol. The summed E-state index contributed by atoms with van der Waals surface area (Å²) in [5.74, 6) is 0.756. The number of amides is 1. The lowest BCUT2D eigenvalue weighted by Gasteiger charge is -2.57. The molecule has 3 aliphatic rings. The van der Waals surface area contributed by atoms with E-state index >= 15 is 0 Å². The summed E-state index contributed by atoms with van der Waals surface area (Å²) in [5, 5.41) is 3.38. The van der Waals surface area contributed by atoms with Gasteiger partial charge in [-0.15, -0.1) is 0 Å². The number of anilines is 1. The number of hydrogen-bond acceptors (Lipinski definition) is 3. The van der Waals surface area contributed by atoms with Gasteiger partial charge in [-0.25, -0.2) is 0 Å². The Labute approximate surface area is 161 Å². The molecule has 2 aliphatic heterocycles. The van der Waals surface area contributed by atoms with Gasteiger partial charge in [-0.05, 0) is 68.8 Å². The van der Waals surface area contributed by atoms with Crippen LogP contribution in [0.2, 0.25) is 0 Å². The molecule has 2 saturated heterocycles. The zero-order valence-electron chi connectivity index (χ0n) is 16.2. The summed E-state index contributed by atoms with van der Waals surface area (Å²) in [5.41, 5.74) is 9.48. The highest BCUT2D eigenvalue weighted by molar-refractivity contribution is 5.95. The van der Waals surface area contributed by atoms with Crippen LogP contribution in [0.3, 0.4) is 0 Å². The molecule has 1 atom stereocenters. The molecule has 3 N–H and O–H groups in total. The van der Waals surface area contributed by atoms with Gasteiger partial charge in [-0.2, -0.15) is 0 Å². The van der Waals surface area contributed by atoms with E-state index in [9.17, 15) is 4.79 Å². The second-order valence-electron chi connectivity index (χ2n) is 8.32. The van der Waals surface area contributed by atoms with E-state index in [4.69, 9.17) is 5.73 Å². The molecule has 4 nitrogen and oxygen atoms in total. The molecule has 1 saturated carbocycles. The molecule has 1 unspecified atom stereocenters. The Balaban J connectivity index is 1.68. The van der Waals surface area contributed by atoms with Gasteiger partial charge >= 0.3 is 0 Å². The molecule has 27 heavy (non-hydrogen) atoms. The van der Waals surface area contributed by atoms with Crippen molar-refractivity contribution in [1.29, 1.82) is 0 Å². The summed E-state index contributed by atoms with van der Waals surface area (Å²) >= 11 is 0. The standard InChI is InChI=1S/C23H29N3O/c1-16-8-9-19(14-20(16)24)22(27)25-21(18-6-4-3-5-7-18)23-12-10-17(11-13-23)15-26(23)2/h3-9,14,17,21H,10-13,15,24H2,1-2H3,(H,25,27). The monoisotopic (exact) mass is 363 g/mol. The van der Waals surface area contributed by atoms with Gasteiger partial charge in [0.15, 0.2) is 0 Å². The molecule has 3 fully saturated rings. The number of piperidine rings is 2. The average Bonchev–Trinajstić information content (AvgIpc) is 2.69. The molecule has 142 valence electrons. The molecule has 0 radical (unpaired) electrons. The molecule has 1 aliphatic carbocycles. The summed E-state index contributed by atoms with van der Waals surface area (Å²) in [6, 6.07) is 16.0. The molecule has 4 heteroatoms. The number of nitrogens with zero attached hydrogens (tertiary/aromatic N) is 1. The van der Waals surface area contributed by atoms with E-state index in [0.717, 1.165) is 30.9 Å². The van der Waals surface area contributed by atoms with Gasteiger partial charge in [0.1, 0.15) is 0 Å². The first-order chi connectivity index (χ1) is 13.0. The second kappa shape index (κ2) is 7.01. The molecule has 2 aromatic carbocycles. The Morgan fingerprint density at radius 3 is 2.52 bits per heavy atom. The first-order valence-electron chi connectivity index (χ1n) is 9.93. The Morgan fingerprint density at radius 1 is 1.19 bits per heavy atom. The van der Waals surface area contributed by atoms with Gasteiger partial charge in [0.25, 0.3) is 5.91 Å². The van der Waals surface area contributed by atoms with Crippen molar-refractivity contribution in [3.8, 4) is 0 Å². The number of hydrogen-bond donors (Lipinski definition) is 2. The molecule has 5 rings (SSSR count). The SMILES string of the molecule is Cc1ccc(C(=O)NC(c2ccccc2)C23CCC(CC2)CN3C)cc1N. The molecule has 1 amide bonds. The highest BCUT2D eigenvalue weighted by atomic mass is 16.1. The van der Waals surface area contributed by atoms with Gasteiger partial charge in [-0.1, -0.05) is 36.4 Å². The Kier molecular flexibility index (Phi) is 4.68. The number of fused-ring (bicyclic) bond motifs is 3. The summed E-state index contributed by atoms with van der Waals surface area (Å²) < 4.78 is 0. The van der Waals surface area contributed by atoms with E-state index < -0.39 is 0 Å². The summed E-state index contributed by atoms with van der Waals surface area (Å²) in [7, 11) is 2.22. The van der Waals surface area contributed by atoms with Crippen LogP contribution in [-0.2, 0) is 0 Å². The number of nitrogens with two attached hydrogens (primary N) is 1. The van der Waals surface area contributed by atoms with Gasteiger partial charge in [0, 0.05) is 23.3 Å². The third-order valence-corrected chi connectivity index (χ3v) is 6.75. The van der Waals surface area contributed by atoms with E-state index in [1.165, 1.54) is 18.4 Å². The smallest absolute Gasteiger partial charge is 0.251 e. The van der Waals surface area contributed by atoms with Crippen molar-refractivity contribution in [2.75, 3.05) is 19.3 Å². The maximum Gasteiger partial charge on any atom is 0.251 e. The van der Waals surface area contributed by atoms with E-state index in [2.05, 4.69) is 41.5 Å².